The van der Waals surface area contributed by atoms with Gasteiger partial charge in [0.25, 0.3) is 0 Å². The number of anilines is 1. The fourth-order valence-electron chi connectivity index (χ4n) is 3.86. The summed E-state index contributed by atoms with van der Waals surface area (Å²) in [6.45, 7) is 2.34. The molecule has 1 heterocycles. The van der Waals surface area contributed by atoms with Gasteiger partial charge in [0.15, 0.2) is 0 Å². The zero-order chi connectivity index (χ0) is 25.9. The number of primary amides is 1. The predicted molar refractivity (Wildman–Crippen MR) is 118 cm³/mol. The highest BCUT2D eigenvalue weighted by Crippen LogP contribution is 2.41. The van der Waals surface area contributed by atoms with Crippen LogP contribution in [0.2, 0.25) is 0 Å². The number of ether oxygens (including phenoxy) is 1. The Morgan fingerprint density at radius 2 is 1.83 bits per heavy atom. The normalized spacial score (nSPS) is 16.2. The molecular weight excluding hydrogens is 465 g/mol. The van der Waals surface area contributed by atoms with Gasteiger partial charge >= 0.3 is 18.2 Å². The van der Waals surface area contributed by atoms with Crippen LogP contribution in [0.4, 0.5) is 23.7 Å². The van der Waals surface area contributed by atoms with Crippen molar-refractivity contribution in [2.24, 2.45) is 5.73 Å². The van der Waals surface area contributed by atoms with Gasteiger partial charge in [-0.15, -0.1) is 0 Å². The Labute approximate surface area is 199 Å². The van der Waals surface area contributed by atoms with E-state index in [1.54, 1.807) is 6.92 Å². The highest BCUT2D eigenvalue weighted by atomic mass is 19.4. The number of urea groups is 1. The molecule has 182 valence electrons. The van der Waals surface area contributed by atoms with Gasteiger partial charge in [0, 0.05) is 5.70 Å². The first-order valence-corrected chi connectivity index (χ1v) is 10.4. The van der Waals surface area contributed by atoms with Crippen LogP contribution in [0.1, 0.15) is 36.6 Å². The van der Waals surface area contributed by atoms with Crippen molar-refractivity contribution >= 4 is 23.6 Å². The SMILES string of the molecule is CCOC(=O)C1=C(C)N(c2cccc(C(F)(F)F)c2)C(=O)N(CC(N)=O)[C@@H]1c1ccc(C#N)cc1. The molecule has 0 aliphatic carbocycles. The van der Waals surface area contributed by atoms with Crippen molar-refractivity contribution in [2.75, 3.05) is 18.1 Å². The smallest absolute Gasteiger partial charge is 0.416 e. The van der Waals surface area contributed by atoms with Crippen molar-refractivity contribution in [2.45, 2.75) is 26.1 Å². The van der Waals surface area contributed by atoms with Gasteiger partial charge in [0.2, 0.25) is 5.91 Å². The molecule has 1 aliphatic rings. The largest absolute Gasteiger partial charge is 0.463 e. The molecule has 0 saturated heterocycles. The fourth-order valence-corrected chi connectivity index (χ4v) is 3.86. The summed E-state index contributed by atoms with van der Waals surface area (Å²) >= 11 is 0. The van der Waals surface area contributed by atoms with E-state index in [0.29, 0.717) is 11.1 Å². The standard InChI is InChI=1S/C24H21F3N4O4/c1-3-35-22(33)20-14(2)31(18-6-4-5-17(11-18)24(25,26)27)23(34)30(13-19(29)32)21(20)16-9-7-15(12-28)8-10-16/h4-11,21H,3,13H2,1-2H3,(H2,29,32)/t21-/m1/s1. The molecule has 0 aromatic heterocycles. The first kappa shape index (κ1) is 25.3. The molecule has 0 bridgehead atoms. The highest BCUT2D eigenvalue weighted by Gasteiger charge is 2.44. The maximum absolute atomic E-state index is 13.6. The number of nitrogens with two attached hydrogens (primary N) is 1. The Morgan fingerprint density at radius 3 is 2.37 bits per heavy atom. The summed E-state index contributed by atoms with van der Waals surface area (Å²) < 4.78 is 45.2. The number of hydrogen-bond acceptors (Lipinski definition) is 5. The van der Waals surface area contributed by atoms with Crippen LogP contribution in [-0.4, -0.2) is 36.0 Å². The van der Waals surface area contributed by atoms with E-state index in [-0.39, 0.29) is 23.6 Å². The molecule has 2 N–H and O–H groups in total. The number of hydrogen-bond donors (Lipinski definition) is 1. The third-order valence-corrected chi connectivity index (χ3v) is 5.36. The van der Waals surface area contributed by atoms with Crippen molar-refractivity contribution in [1.29, 1.82) is 5.26 Å². The van der Waals surface area contributed by atoms with Crippen molar-refractivity contribution < 1.29 is 32.3 Å². The van der Waals surface area contributed by atoms with Gasteiger partial charge < -0.3 is 15.4 Å². The summed E-state index contributed by atoms with van der Waals surface area (Å²) in [4.78, 5) is 40.5. The molecule has 11 heteroatoms. The van der Waals surface area contributed by atoms with Crippen LogP contribution in [0.5, 0.6) is 0 Å². The minimum absolute atomic E-state index is 0.0109. The van der Waals surface area contributed by atoms with Gasteiger partial charge in [-0.25, -0.2) is 9.59 Å². The fraction of sp³-hybridized carbons (Fsp3) is 0.250. The Bertz CT molecular complexity index is 1230. The lowest BCUT2D eigenvalue weighted by atomic mass is 9.92. The van der Waals surface area contributed by atoms with Crippen molar-refractivity contribution in [1.82, 2.24) is 4.90 Å². The van der Waals surface area contributed by atoms with Gasteiger partial charge in [-0.2, -0.15) is 18.4 Å². The van der Waals surface area contributed by atoms with Crippen molar-refractivity contribution in [3.05, 3.63) is 76.5 Å². The van der Waals surface area contributed by atoms with E-state index in [0.717, 1.165) is 28.0 Å². The quantitative estimate of drug-likeness (QED) is 0.622. The minimum Gasteiger partial charge on any atom is -0.463 e. The van der Waals surface area contributed by atoms with E-state index in [2.05, 4.69) is 0 Å². The first-order valence-electron chi connectivity index (χ1n) is 10.4. The molecule has 0 spiro atoms. The number of esters is 1. The van der Waals surface area contributed by atoms with Gasteiger partial charge in [0.1, 0.15) is 6.54 Å². The molecule has 35 heavy (non-hydrogen) atoms. The summed E-state index contributed by atoms with van der Waals surface area (Å²) in [5.41, 5.74) is 4.89. The summed E-state index contributed by atoms with van der Waals surface area (Å²) in [7, 11) is 0. The monoisotopic (exact) mass is 486 g/mol. The zero-order valence-corrected chi connectivity index (χ0v) is 18.8. The van der Waals surface area contributed by atoms with Gasteiger partial charge in [0.05, 0.1) is 41.1 Å². The lowest BCUT2D eigenvalue weighted by Crippen LogP contribution is -2.53. The van der Waals surface area contributed by atoms with E-state index in [1.807, 2.05) is 6.07 Å². The number of alkyl halides is 3. The highest BCUT2D eigenvalue weighted by molar-refractivity contribution is 6.04. The van der Waals surface area contributed by atoms with E-state index < -0.39 is 42.2 Å². The topological polar surface area (TPSA) is 117 Å². The number of halogens is 3. The number of benzene rings is 2. The van der Waals surface area contributed by atoms with Crippen LogP contribution in [-0.2, 0) is 20.5 Å². The van der Waals surface area contributed by atoms with Gasteiger partial charge in [-0.05, 0) is 49.7 Å². The molecule has 1 atom stereocenters. The summed E-state index contributed by atoms with van der Waals surface area (Å²) in [6.07, 6.45) is -4.67. The number of carbonyl (C=O) groups excluding carboxylic acids is 3. The Hall–Kier alpha value is -4.33. The van der Waals surface area contributed by atoms with E-state index in [9.17, 15) is 27.6 Å². The molecule has 1 aliphatic heterocycles. The van der Waals surface area contributed by atoms with Gasteiger partial charge in [-0.1, -0.05) is 18.2 Å². The van der Waals surface area contributed by atoms with Crippen LogP contribution in [0.15, 0.2) is 59.8 Å². The minimum atomic E-state index is -4.67. The molecule has 8 nitrogen and oxygen atoms in total. The average molecular weight is 486 g/mol. The van der Waals surface area contributed by atoms with Crippen molar-refractivity contribution in [3.63, 3.8) is 0 Å². The second kappa shape index (κ2) is 9.89. The summed E-state index contributed by atoms with van der Waals surface area (Å²) in [5.74, 6) is -1.72. The van der Waals surface area contributed by atoms with Crippen LogP contribution >= 0.6 is 0 Å². The van der Waals surface area contributed by atoms with Crippen molar-refractivity contribution in [3.8, 4) is 6.07 Å². The number of amides is 3. The first-order chi connectivity index (χ1) is 16.5. The Kier molecular flexibility index (Phi) is 7.14. The van der Waals surface area contributed by atoms with Gasteiger partial charge in [-0.3, -0.25) is 9.69 Å². The maximum Gasteiger partial charge on any atom is 0.416 e. The number of carbonyl (C=O) groups is 3. The predicted octanol–water partition coefficient (Wildman–Crippen LogP) is 3.88. The Morgan fingerprint density at radius 1 is 1.17 bits per heavy atom. The third-order valence-electron chi connectivity index (χ3n) is 5.36. The second-order valence-corrected chi connectivity index (χ2v) is 7.62. The molecule has 0 unspecified atom stereocenters. The zero-order valence-electron chi connectivity index (χ0n) is 18.8. The molecule has 0 radical (unpaired) electrons. The molecule has 2 aromatic rings. The van der Waals surface area contributed by atoms with Crippen LogP contribution < -0.4 is 10.6 Å². The molecule has 3 amide bonds. The number of nitriles is 1. The van der Waals surface area contributed by atoms with E-state index >= 15 is 0 Å². The molecule has 2 aromatic carbocycles. The maximum atomic E-state index is 13.6. The molecule has 3 rings (SSSR count). The third kappa shape index (κ3) is 5.11. The van der Waals surface area contributed by atoms with Crippen LogP contribution in [0.25, 0.3) is 0 Å². The molecule has 0 fully saturated rings. The van der Waals surface area contributed by atoms with Crippen LogP contribution in [0.3, 0.4) is 0 Å². The lowest BCUT2D eigenvalue weighted by Gasteiger charge is -2.42. The molecule has 0 saturated carbocycles. The number of allylic oxidation sites excluding steroid dienone is 1. The van der Waals surface area contributed by atoms with E-state index in [1.165, 1.54) is 37.3 Å². The molecular formula is C24H21F3N4O4. The van der Waals surface area contributed by atoms with E-state index in [4.69, 9.17) is 15.7 Å². The summed E-state index contributed by atoms with van der Waals surface area (Å²) in [5, 5.41) is 9.10. The number of rotatable bonds is 6. The van der Waals surface area contributed by atoms with Crippen LogP contribution in [0, 0.1) is 11.3 Å². The Balaban J connectivity index is 2.28. The second-order valence-electron chi connectivity index (χ2n) is 7.62. The number of nitrogens with zero attached hydrogens (tertiary/aromatic N) is 3. The lowest BCUT2D eigenvalue weighted by molar-refractivity contribution is -0.140. The average Bonchev–Trinajstić information content (AvgIpc) is 2.80. The summed E-state index contributed by atoms with van der Waals surface area (Å²) in [6, 6.07) is 9.97.